The van der Waals surface area contributed by atoms with Crippen LogP contribution in [0.4, 0.5) is 0 Å². The molecule has 0 bridgehead atoms. The second-order valence-electron chi connectivity index (χ2n) is 14.4. The lowest BCUT2D eigenvalue weighted by atomic mass is 9.63. The molecule has 0 saturated carbocycles. The van der Waals surface area contributed by atoms with Crippen LogP contribution in [-0.4, -0.2) is 23.9 Å². The molecule has 0 saturated heterocycles. The van der Waals surface area contributed by atoms with Gasteiger partial charge in [-0.2, -0.15) is 0 Å². The van der Waals surface area contributed by atoms with Crippen LogP contribution in [0.15, 0.2) is 188 Å². The Bertz CT molecular complexity index is 3290. The lowest BCUT2D eigenvalue weighted by Gasteiger charge is -2.41. The minimum Gasteiger partial charge on any atom is -0.457 e. The van der Waals surface area contributed by atoms with Gasteiger partial charge in [-0.05, 0) is 70.6 Å². The monoisotopic (exact) mass is 717 g/mol. The number of nitrogens with zero attached hydrogens (tertiary/aromatic N) is 5. The van der Waals surface area contributed by atoms with Crippen molar-refractivity contribution in [3.63, 3.8) is 0 Å². The Kier molecular flexibility index (Phi) is 6.45. The summed E-state index contributed by atoms with van der Waals surface area (Å²) in [5.41, 5.74) is 10.1. The largest absolute Gasteiger partial charge is 0.457 e. The summed E-state index contributed by atoms with van der Waals surface area (Å²) in [4.78, 5) is 15.1. The number of benzene rings is 6. The normalized spacial score (nSPS) is 13.1. The molecule has 6 aromatic carbocycles. The van der Waals surface area contributed by atoms with Crippen LogP contribution in [0, 0.1) is 0 Å². The summed E-state index contributed by atoms with van der Waals surface area (Å²) in [7, 11) is 0. The number of hydrogen-bond donors (Lipinski definition) is 0. The molecular weight excluding hydrogens is 687 g/mol. The zero-order valence-corrected chi connectivity index (χ0v) is 30.0. The molecule has 1 aliphatic heterocycles. The van der Waals surface area contributed by atoms with E-state index in [1.807, 2.05) is 42.7 Å². The molecule has 11 aromatic rings. The number of imidazole rings is 1. The van der Waals surface area contributed by atoms with Crippen LogP contribution in [-0.2, 0) is 5.41 Å². The van der Waals surface area contributed by atoms with Gasteiger partial charge in [0.2, 0.25) is 0 Å². The third-order valence-corrected chi connectivity index (χ3v) is 11.5. The van der Waals surface area contributed by atoms with E-state index in [-0.39, 0.29) is 0 Å². The molecule has 12 rings (SSSR count). The van der Waals surface area contributed by atoms with E-state index in [1.54, 1.807) is 0 Å². The summed E-state index contributed by atoms with van der Waals surface area (Å²) in [5.74, 6) is 2.38. The van der Waals surface area contributed by atoms with Gasteiger partial charge in [0, 0.05) is 57.3 Å². The van der Waals surface area contributed by atoms with Crippen LogP contribution in [0.5, 0.6) is 11.5 Å². The minimum atomic E-state index is -0.571. The molecule has 0 unspecified atom stereocenters. The van der Waals surface area contributed by atoms with Crippen LogP contribution in [0.3, 0.4) is 0 Å². The second kappa shape index (κ2) is 11.7. The average Bonchev–Trinajstić information content (AvgIpc) is 3.87. The van der Waals surface area contributed by atoms with Crippen molar-refractivity contribution in [2.75, 3.05) is 0 Å². The molecule has 0 atom stereocenters. The van der Waals surface area contributed by atoms with Crippen molar-refractivity contribution >= 4 is 49.3 Å². The minimum absolute atomic E-state index is 0.571. The molecule has 0 N–H and O–H groups in total. The Morgan fingerprint density at radius 2 is 1.14 bits per heavy atom. The van der Waals surface area contributed by atoms with E-state index in [1.165, 1.54) is 22.1 Å². The molecule has 0 spiro atoms. The number of pyridine rings is 3. The molecule has 5 aromatic heterocycles. The predicted octanol–water partition coefficient (Wildman–Crippen LogP) is 11.7. The molecule has 0 fully saturated rings. The Hall–Kier alpha value is -7.57. The fourth-order valence-corrected chi connectivity index (χ4v) is 9.23. The highest BCUT2D eigenvalue weighted by atomic mass is 16.5. The zero-order chi connectivity index (χ0) is 36.8. The Labute approximate surface area is 321 Å². The van der Waals surface area contributed by atoms with Crippen molar-refractivity contribution in [3.05, 3.63) is 211 Å². The van der Waals surface area contributed by atoms with Crippen molar-refractivity contribution in [3.8, 4) is 28.6 Å². The summed E-state index contributed by atoms with van der Waals surface area (Å²) < 4.78 is 11.2. The van der Waals surface area contributed by atoms with Gasteiger partial charge in [-0.1, -0.05) is 115 Å². The van der Waals surface area contributed by atoms with E-state index in [4.69, 9.17) is 19.7 Å². The van der Waals surface area contributed by atoms with Gasteiger partial charge >= 0.3 is 0 Å². The summed E-state index contributed by atoms with van der Waals surface area (Å²) in [6.45, 7) is 0. The summed E-state index contributed by atoms with van der Waals surface area (Å²) in [5, 5.41) is 5.46. The van der Waals surface area contributed by atoms with Gasteiger partial charge in [-0.3, -0.25) is 8.97 Å². The molecule has 0 amide bonds. The first-order valence-corrected chi connectivity index (χ1v) is 18.8. The number of aromatic nitrogens is 5. The smallest absolute Gasteiger partial charge is 0.147 e. The Morgan fingerprint density at radius 1 is 0.482 bits per heavy atom. The quantitative estimate of drug-likeness (QED) is 0.166. The zero-order valence-electron chi connectivity index (χ0n) is 30.0. The van der Waals surface area contributed by atoms with Crippen molar-refractivity contribution in [1.29, 1.82) is 0 Å². The second-order valence-corrected chi connectivity index (χ2v) is 14.4. The predicted molar refractivity (Wildman–Crippen MR) is 224 cm³/mol. The fraction of sp³-hybridized carbons (Fsp3) is 0.0200. The first kappa shape index (κ1) is 30.8. The highest BCUT2D eigenvalue weighted by molar-refractivity contribution is 6.13. The van der Waals surface area contributed by atoms with E-state index in [2.05, 4.69) is 155 Å². The van der Waals surface area contributed by atoms with Crippen molar-refractivity contribution in [2.24, 2.45) is 0 Å². The number of hydrogen-bond acceptors (Lipinski definition) is 4. The number of para-hydroxylation sites is 1. The van der Waals surface area contributed by atoms with Gasteiger partial charge in [-0.25, -0.2) is 15.0 Å². The first-order chi connectivity index (χ1) is 27.8. The van der Waals surface area contributed by atoms with Gasteiger partial charge in [0.1, 0.15) is 28.6 Å². The van der Waals surface area contributed by atoms with E-state index in [0.29, 0.717) is 0 Å². The van der Waals surface area contributed by atoms with Gasteiger partial charge in [0.05, 0.1) is 22.1 Å². The highest BCUT2D eigenvalue weighted by Crippen LogP contribution is 2.54. The summed E-state index contributed by atoms with van der Waals surface area (Å²) in [6.07, 6.45) is 5.81. The first-order valence-electron chi connectivity index (χ1n) is 18.8. The van der Waals surface area contributed by atoms with Gasteiger partial charge in [0.15, 0.2) is 0 Å². The molecule has 1 aliphatic rings. The van der Waals surface area contributed by atoms with Crippen LogP contribution >= 0.6 is 0 Å². The maximum atomic E-state index is 6.77. The molecule has 262 valence electrons. The summed E-state index contributed by atoms with van der Waals surface area (Å²) >= 11 is 0. The van der Waals surface area contributed by atoms with E-state index in [9.17, 15) is 0 Å². The standard InChI is InChI=1S/C50H31N5O/c1-4-13-32(14-5-1)44-31-54-47-40(20-11-27-51-47)37-25-23-35(29-41(37)48(54)53-44)56-36-24-26-38-39-19-10-21-42-46(39)55(45(38)30-36)49-43(22-12-28-52-49)50(42,33-15-6-2-7-16-33)34-17-8-3-9-18-34/h1-31H. The van der Waals surface area contributed by atoms with Gasteiger partial charge in [0.25, 0.3) is 0 Å². The van der Waals surface area contributed by atoms with Crippen molar-refractivity contribution in [1.82, 2.24) is 23.9 Å². The van der Waals surface area contributed by atoms with Crippen LogP contribution in [0.1, 0.15) is 22.3 Å². The molecule has 6 heterocycles. The number of ether oxygens (including phenoxy) is 1. The lowest BCUT2D eigenvalue weighted by molar-refractivity contribution is 0.484. The maximum Gasteiger partial charge on any atom is 0.147 e. The number of fused-ring (bicyclic) bond motifs is 11. The van der Waals surface area contributed by atoms with E-state index >= 15 is 0 Å². The molecular formula is C50H31N5O. The molecule has 56 heavy (non-hydrogen) atoms. The van der Waals surface area contributed by atoms with E-state index < -0.39 is 5.41 Å². The highest BCUT2D eigenvalue weighted by Gasteiger charge is 2.45. The average molecular weight is 718 g/mol. The Morgan fingerprint density at radius 3 is 1.93 bits per heavy atom. The van der Waals surface area contributed by atoms with Crippen LogP contribution < -0.4 is 4.74 Å². The molecule has 6 nitrogen and oxygen atoms in total. The molecule has 0 aliphatic carbocycles. The third kappa shape index (κ3) is 4.23. The van der Waals surface area contributed by atoms with Crippen LogP contribution in [0.25, 0.3) is 66.3 Å². The fourth-order valence-electron chi connectivity index (χ4n) is 9.23. The van der Waals surface area contributed by atoms with E-state index in [0.717, 1.165) is 78.0 Å². The van der Waals surface area contributed by atoms with Crippen LogP contribution in [0.2, 0.25) is 0 Å². The number of rotatable bonds is 5. The SMILES string of the molecule is c1ccc(-c2cn3c4ncccc4c4ccc(Oc5ccc6c7cccc8c7n(c6c5)-c5ncccc5C8(c5ccccc5)c5ccccc5)cc4c3n2)cc1. The molecule has 6 heteroatoms. The molecule has 0 radical (unpaired) electrons. The van der Waals surface area contributed by atoms with Gasteiger partial charge < -0.3 is 4.74 Å². The topological polar surface area (TPSA) is 57.2 Å². The van der Waals surface area contributed by atoms with Crippen molar-refractivity contribution < 1.29 is 4.74 Å². The summed E-state index contributed by atoms with van der Waals surface area (Å²) in [6, 6.07) is 59.8. The lowest BCUT2D eigenvalue weighted by Crippen LogP contribution is -2.35. The Balaban J connectivity index is 1.06. The third-order valence-electron chi connectivity index (χ3n) is 11.5. The maximum absolute atomic E-state index is 6.77. The van der Waals surface area contributed by atoms with Crippen molar-refractivity contribution in [2.45, 2.75) is 5.41 Å². The van der Waals surface area contributed by atoms with Gasteiger partial charge in [-0.15, -0.1) is 0 Å².